The van der Waals surface area contributed by atoms with Crippen molar-refractivity contribution in [2.24, 2.45) is 0 Å². The summed E-state index contributed by atoms with van der Waals surface area (Å²) in [6, 6.07) is 3.56. The lowest BCUT2D eigenvalue weighted by Crippen LogP contribution is -2.27. The largest absolute Gasteiger partial charge is 0.433 e. The number of nitrogens with one attached hydrogen (secondary N) is 1. The van der Waals surface area contributed by atoms with Gasteiger partial charge in [-0.3, -0.25) is 0 Å². The molecule has 0 amide bonds. The molecule has 1 saturated heterocycles. The fraction of sp³-hybridized carbons (Fsp3) is 0.421. The normalized spacial score (nSPS) is 15.0. The van der Waals surface area contributed by atoms with Gasteiger partial charge in [-0.1, -0.05) is 17.8 Å². The van der Waals surface area contributed by atoms with Crippen LogP contribution in [0.3, 0.4) is 0 Å². The third-order valence-corrected chi connectivity index (χ3v) is 5.45. The number of pyridine rings is 1. The molecule has 1 fully saturated rings. The van der Waals surface area contributed by atoms with E-state index in [1.165, 1.54) is 23.9 Å². The molecular formula is C19H20ClF3N6OS. The molecule has 3 aromatic rings. The van der Waals surface area contributed by atoms with Gasteiger partial charge in [0.15, 0.2) is 5.16 Å². The molecule has 0 unspecified atom stereocenters. The smallest absolute Gasteiger partial charge is 0.414 e. The molecule has 0 spiro atoms. The third-order valence-electron chi connectivity index (χ3n) is 4.90. The van der Waals surface area contributed by atoms with Gasteiger partial charge in [0.25, 0.3) is 11.8 Å². The number of halogens is 4. The monoisotopic (exact) mass is 472 g/mol. The second-order valence-electron chi connectivity index (χ2n) is 6.90. The first kappa shape index (κ1) is 23.4. The fourth-order valence-corrected chi connectivity index (χ4v) is 3.87. The molecule has 166 valence electrons. The van der Waals surface area contributed by atoms with Gasteiger partial charge >= 0.3 is 6.18 Å². The number of rotatable bonds is 4. The number of alkyl halides is 3. The van der Waals surface area contributed by atoms with E-state index >= 15 is 0 Å². The average Bonchev–Trinajstić information content (AvgIpc) is 3.23. The third kappa shape index (κ3) is 4.99. The number of nitrogens with zero attached hydrogens (tertiary/aromatic N) is 5. The van der Waals surface area contributed by atoms with E-state index < -0.39 is 11.9 Å². The molecule has 1 aliphatic rings. The minimum absolute atomic E-state index is 0. The van der Waals surface area contributed by atoms with Crippen LogP contribution in [0.1, 0.15) is 35.8 Å². The quantitative estimate of drug-likeness (QED) is 0.437. The van der Waals surface area contributed by atoms with Crippen molar-refractivity contribution in [2.45, 2.75) is 37.0 Å². The molecule has 0 aromatic carbocycles. The Bertz CT molecular complexity index is 1060. The van der Waals surface area contributed by atoms with Crippen molar-refractivity contribution in [3.05, 3.63) is 35.3 Å². The molecule has 0 bridgehead atoms. The van der Waals surface area contributed by atoms with E-state index in [1.807, 2.05) is 13.2 Å². The molecular weight excluding hydrogens is 453 g/mol. The predicted octanol–water partition coefficient (Wildman–Crippen LogP) is 4.53. The Morgan fingerprint density at radius 1 is 1.06 bits per heavy atom. The average molecular weight is 473 g/mol. The first-order valence-electron chi connectivity index (χ1n) is 9.38. The lowest BCUT2D eigenvalue weighted by molar-refractivity contribution is -0.141. The second-order valence-corrected chi connectivity index (χ2v) is 7.67. The van der Waals surface area contributed by atoms with Gasteiger partial charge in [-0.15, -0.1) is 22.6 Å². The molecule has 3 aromatic heterocycles. The highest BCUT2D eigenvalue weighted by Crippen LogP contribution is 2.36. The number of thioether (sulfide) groups is 1. The van der Waals surface area contributed by atoms with Crippen molar-refractivity contribution in [1.29, 1.82) is 0 Å². The van der Waals surface area contributed by atoms with Crippen LogP contribution >= 0.6 is 24.2 Å². The Morgan fingerprint density at radius 3 is 2.45 bits per heavy atom. The van der Waals surface area contributed by atoms with Crippen LogP contribution in [-0.2, 0) is 6.18 Å². The molecule has 12 heteroatoms. The summed E-state index contributed by atoms with van der Waals surface area (Å²) < 4.78 is 44.7. The first-order valence-corrected chi connectivity index (χ1v) is 10.6. The van der Waals surface area contributed by atoms with Crippen LogP contribution in [0, 0.1) is 6.92 Å². The highest BCUT2D eigenvalue weighted by Gasteiger charge is 2.33. The zero-order valence-corrected chi connectivity index (χ0v) is 18.4. The minimum atomic E-state index is -4.56. The topological polar surface area (TPSA) is 89.6 Å². The summed E-state index contributed by atoms with van der Waals surface area (Å²) in [6.45, 7) is 3.60. The molecule has 0 atom stereocenters. The van der Waals surface area contributed by atoms with E-state index in [4.69, 9.17) is 9.40 Å². The van der Waals surface area contributed by atoms with Gasteiger partial charge in [-0.25, -0.2) is 15.0 Å². The Kier molecular flexibility index (Phi) is 7.17. The van der Waals surface area contributed by atoms with Crippen molar-refractivity contribution >= 4 is 24.2 Å². The molecule has 4 rings (SSSR count). The molecule has 0 radical (unpaired) electrons. The van der Waals surface area contributed by atoms with Gasteiger partial charge in [0.2, 0.25) is 0 Å². The number of hydrogen-bond acceptors (Lipinski definition) is 8. The van der Waals surface area contributed by atoms with Crippen LogP contribution in [-0.4, -0.2) is 44.5 Å². The first-order chi connectivity index (χ1) is 14.4. The Morgan fingerprint density at radius 2 is 1.77 bits per heavy atom. The maximum absolute atomic E-state index is 13.0. The van der Waals surface area contributed by atoms with Crippen LogP contribution in [0.5, 0.6) is 0 Å². The van der Waals surface area contributed by atoms with Gasteiger partial charge in [-0.05, 0) is 51.2 Å². The number of hydrogen-bond donors (Lipinski definition) is 1. The summed E-state index contributed by atoms with van der Waals surface area (Å²) in [7, 11) is 0. The van der Waals surface area contributed by atoms with E-state index in [1.54, 1.807) is 0 Å². The highest BCUT2D eigenvalue weighted by atomic mass is 35.5. The maximum atomic E-state index is 13.0. The van der Waals surface area contributed by atoms with E-state index in [9.17, 15) is 13.2 Å². The van der Waals surface area contributed by atoms with Crippen LogP contribution < -0.4 is 5.32 Å². The van der Waals surface area contributed by atoms with Crippen molar-refractivity contribution in [3.8, 4) is 23.0 Å². The van der Waals surface area contributed by atoms with Crippen LogP contribution in [0.15, 0.2) is 27.8 Å². The summed E-state index contributed by atoms with van der Waals surface area (Å²) in [5, 5.41) is 12.0. The van der Waals surface area contributed by atoms with E-state index in [2.05, 4.69) is 25.5 Å². The van der Waals surface area contributed by atoms with E-state index in [0.717, 1.165) is 37.7 Å². The Balaban J connectivity index is 0.00000272. The van der Waals surface area contributed by atoms with Gasteiger partial charge in [-0.2, -0.15) is 13.2 Å². The van der Waals surface area contributed by atoms with Crippen molar-refractivity contribution in [3.63, 3.8) is 0 Å². The lowest BCUT2D eigenvalue weighted by Gasteiger charge is -2.24. The minimum Gasteiger partial charge on any atom is -0.414 e. The van der Waals surface area contributed by atoms with Gasteiger partial charge in [0, 0.05) is 5.92 Å². The SMILES string of the molecule is CSc1nc(C)c(-c2nnc(-c3cccc(C(F)(F)F)n3)o2)c(C2CCNCC2)n1.Cl. The number of piperidine rings is 1. The number of aromatic nitrogens is 5. The van der Waals surface area contributed by atoms with Crippen LogP contribution in [0.25, 0.3) is 23.0 Å². The summed E-state index contributed by atoms with van der Waals surface area (Å²) >= 11 is 1.45. The molecule has 31 heavy (non-hydrogen) atoms. The summed E-state index contributed by atoms with van der Waals surface area (Å²) in [6.07, 6.45) is -0.829. The van der Waals surface area contributed by atoms with Crippen molar-refractivity contribution in [2.75, 3.05) is 19.3 Å². The van der Waals surface area contributed by atoms with Gasteiger partial charge < -0.3 is 9.73 Å². The summed E-state index contributed by atoms with van der Waals surface area (Å²) in [4.78, 5) is 12.8. The highest BCUT2D eigenvalue weighted by molar-refractivity contribution is 7.98. The van der Waals surface area contributed by atoms with Crippen LogP contribution in [0.2, 0.25) is 0 Å². The second kappa shape index (κ2) is 9.49. The van der Waals surface area contributed by atoms with E-state index in [-0.39, 0.29) is 35.8 Å². The lowest BCUT2D eigenvalue weighted by atomic mass is 9.91. The van der Waals surface area contributed by atoms with Crippen molar-refractivity contribution < 1.29 is 17.6 Å². The van der Waals surface area contributed by atoms with Crippen molar-refractivity contribution in [1.82, 2.24) is 30.5 Å². The molecule has 1 aliphatic heterocycles. The zero-order chi connectivity index (χ0) is 21.3. The number of aryl methyl sites for hydroxylation is 1. The van der Waals surface area contributed by atoms with Gasteiger partial charge in [0.1, 0.15) is 11.4 Å². The molecule has 4 heterocycles. The standard InChI is InChI=1S/C19H19F3N6OS.ClH/c1-10-14(15(26-18(24-10)30-2)11-6-8-23-9-7-11)17-28-27-16(29-17)12-4-3-5-13(25-12)19(20,21)22;/h3-5,11,23H,6-9H2,1-2H3;1H. The Labute approximate surface area is 187 Å². The van der Waals surface area contributed by atoms with Crippen LogP contribution in [0.4, 0.5) is 13.2 Å². The summed E-state index contributed by atoms with van der Waals surface area (Å²) in [5.74, 6) is 0.305. The fourth-order valence-electron chi connectivity index (χ4n) is 3.45. The molecule has 0 aliphatic carbocycles. The molecule has 7 nitrogen and oxygen atoms in total. The summed E-state index contributed by atoms with van der Waals surface area (Å²) in [5.41, 5.74) is 1.12. The molecule has 0 saturated carbocycles. The van der Waals surface area contributed by atoms with Gasteiger partial charge in [0.05, 0.1) is 17.0 Å². The zero-order valence-electron chi connectivity index (χ0n) is 16.7. The predicted molar refractivity (Wildman–Crippen MR) is 112 cm³/mol. The van der Waals surface area contributed by atoms with E-state index in [0.29, 0.717) is 16.4 Å². The Hall–Kier alpha value is -2.24. The molecule has 1 N–H and O–H groups in total. The maximum Gasteiger partial charge on any atom is 0.433 e.